The van der Waals surface area contributed by atoms with Crippen LogP contribution < -0.4 is 5.32 Å². The van der Waals surface area contributed by atoms with Gasteiger partial charge in [0.05, 0.1) is 5.92 Å². The molecule has 2 rings (SSSR count). The summed E-state index contributed by atoms with van der Waals surface area (Å²) in [5, 5.41) is 2.87. The molecule has 1 aliphatic heterocycles. The highest BCUT2D eigenvalue weighted by Gasteiger charge is 2.41. The van der Waals surface area contributed by atoms with Crippen LogP contribution in [0.1, 0.15) is 30.0 Å². The van der Waals surface area contributed by atoms with Crippen LogP contribution in [0.25, 0.3) is 0 Å². The highest BCUT2D eigenvalue weighted by molar-refractivity contribution is 5.30. The maximum absolute atomic E-state index is 13.4. The molecule has 0 aliphatic carbocycles. The molecule has 1 fully saturated rings. The van der Waals surface area contributed by atoms with E-state index < -0.39 is 12.1 Å². The first-order valence-electron chi connectivity index (χ1n) is 5.94. The zero-order chi connectivity index (χ0) is 13.3. The van der Waals surface area contributed by atoms with E-state index in [9.17, 15) is 17.6 Å². The maximum Gasteiger partial charge on any atom is 0.393 e. The Morgan fingerprint density at radius 1 is 1.22 bits per heavy atom. The van der Waals surface area contributed by atoms with Crippen LogP contribution in [0.3, 0.4) is 0 Å². The fourth-order valence-electron chi connectivity index (χ4n) is 2.40. The Hall–Kier alpha value is -1.10. The van der Waals surface area contributed by atoms with Gasteiger partial charge in [-0.2, -0.15) is 13.2 Å². The van der Waals surface area contributed by atoms with Crippen molar-refractivity contribution in [2.24, 2.45) is 5.92 Å². The Morgan fingerprint density at radius 2 is 1.94 bits per heavy atom. The molecular formula is C13H15F4N. The lowest BCUT2D eigenvalue weighted by Gasteiger charge is -2.32. The van der Waals surface area contributed by atoms with Gasteiger partial charge < -0.3 is 5.32 Å². The third-order valence-electron chi connectivity index (χ3n) is 3.56. The number of rotatable bonds is 1. The summed E-state index contributed by atoms with van der Waals surface area (Å²) >= 11 is 0. The van der Waals surface area contributed by atoms with E-state index in [0.29, 0.717) is 12.0 Å². The summed E-state index contributed by atoms with van der Waals surface area (Å²) in [7, 11) is 0. The topological polar surface area (TPSA) is 12.0 Å². The minimum Gasteiger partial charge on any atom is -0.309 e. The summed E-state index contributed by atoms with van der Waals surface area (Å²) in [5.41, 5.74) is 1.27. The number of piperidine rings is 1. The molecule has 2 atom stereocenters. The molecule has 1 N–H and O–H groups in total. The maximum atomic E-state index is 13.4. The molecule has 1 aromatic carbocycles. The predicted octanol–water partition coefficient (Wildman–Crippen LogP) is 3.74. The van der Waals surface area contributed by atoms with E-state index in [2.05, 4.69) is 5.32 Å². The molecule has 0 spiro atoms. The second-order valence-corrected chi connectivity index (χ2v) is 4.73. The van der Waals surface area contributed by atoms with Gasteiger partial charge in [-0.25, -0.2) is 4.39 Å². The summed E-state index contributed by atoms with van der Waals surface area (Å²) < 4.78 is 50.9. The van der Waals surface area contributed by atoms with Gasteiger partial charge in [-0.05, 0) is 37.0 Å². The summed E-state index contributed by atoms with van der Waals surface area (Å²) in [5.74, 6) is -1.60. The molecular weight excluding hydrogens is 246 g/mol. The van der Waals surface area contributed by atoms with Gasteiger partial charge in [-0.1, -0.05) is 12.1 Å². The average Bonchev–Trinajstić information content (AvgIpc) is 2.32. The molecule has 1 aliphatic rings. The fraction of sp³-hybridized carbons (Fsp3) is 0.538. The van der Waals surface area contributed by atoms with Crippen molar-refractivity contribution in [1.29, 1.82) is 0 Å². The van der Waals surface area contributed by atoms with Crippen LogP contribution in [-0.4, -0.2) is 12.7 Å². The van der Waals surface area contributed by atoms with Gasteiger partial charge in [-0.3, -0.25) is 0 Å². The summed E-state index contributed by atoms with van der Waals surface area (Å²) in [6, 6.07) is 4.54. The van der Waals surface area contributed by atoms with E-state index >= 15 is 0 Å². The molecule has 0 amide bonds. The van der Waals surface area contributed by atoms with Crippen molar-refractivity contribution >= 4 is 0 Å². The molecule has 1 nitrogen and oxygen atoms in total. The Balaban J connectivity index is 2.08. The molecule has 0 radical (unpaired) electrons. The molecule has 18 heavy (non-hydrogen) atoms. The van der Waals surface area contributed by atoms with Crippen LogP contribution >= 0.6 is 0 Å². The van der Waals surface area contributed by atoms with E-state index in [-0.39, 0.29) is 24.8 Å². The minimum atomic E-state index is -4.14. The van der Waals surface area contributed by atoms with Crippen LogP contribution in [0.2, 0.25) is 0 Å². The summed E-state index contributed by atoms with van der Waals surface area (Å²) in [6.45, 7) is 1.56. The molecule has 1 saturated heterocycles. The van der Waals surface area contributed by atoms with Crippen LogP contribution in [0, 0.1) is 18.7 Å². The summed E-state index contributed by atoms with van der Waals surface area (Å²) in [4.78, 5) is 0. The van der Waals surface area contributed by atoms with Gasteiger partial charge in [0, 0.05) is 12.6 Å². The van der Waals surface area contributed by atoms with Crippen LogP contribution in [-0.2, 0) is 0 Å². The Bertz CT molecular complexity index is 419. The molecule has 2 unspecified atom stereocenters. The first-order valence-corrected chi connectivity index (χ1v) is 5.94. The van der Waals surface area contributed by atoms with Crippen molar-refractivity contribution in [3.63, 3.8) is 0 Å². The largest absolute Gasteiger partial charge is 0.393 e. The highest BCUT2D eigenvalue weighted by Crippen LogP contribution is 2.36. The molecule has 5 heteroatoms. The molecule has 100 valence electrons. The lowest BCUT2D eigenvalue weighted by molar-refractivity contribution is -0.179. The van der Waals surface area contributed by atoms with Gasteiger partial charge >= 0.3 is 6.18 Å². The van der Waals surface area contributed by atoms with Gasteiger partial charge in [0.2, 0.25) is 0 Å². The second kappa shape index (κ2) is 4.88. The van der Waals surface area contributed by atoms with Gasteiger partial charge in [-0.15, -0.1) is 0 Å². The van der Waals surface area contributed by atoms with Crippen LogP contribution in [0.4, 0.5) is 17.6 Å². The third kappa shape index (κ3) is 2.66. The van der Waals surface area contributed by atoms with E-state index in [0.717, 1.165) is 5.56 Å². The highest BCUT2D eigenvalue weighted by atomic mass is 19.4. The number of hydrogen-bond acceptors (Lipinski definition) is 1. The molecule has 1 heterocycles. The monoisotopic (exact) mass is 261 g/mol. The van der Waals surface area contributed by atoms with Crippen molar-refractivity contribution < 1.29 is 17.6 Å². The molecule has 0 bridgehead atoms. The number of hydrogen-bond donors (Lipinski definition) is 1. The first-order chi connectivity index (χ1) is 8.39. The third-order valence-corrected chi connectivity index (χ3v) is 3.56. The van der Waals surface area contributed by atoms with E-state index in [1.807, 2.05) is 0 Å². The number of halogens is 4. The zero-order valence-electron chi connectivity index (χ0n) is 10.0. The SMILES string of the molecule is Cc1c(F)cccc1C1CCC(C(F)(F)F)CN1. The summed E-state index contributed by atoms with van der Waals surface area (Å²) in [6.07, 6.45) is -3.67. The quantitative estimate of drug-likeness (QED) is 0.759. The number of nitrogens with one attached hydrogen (secondary N) is 1. The van der Waals surface area contributed by atoms with Crippen LogP contribution in [0.5, 0.6) is 0 Å². The van der Waals surface area contributed by atoms with Gasteiger partial charge in [0.25, 0.3) is 0 Å². The Kier molecular flexibility index (Phi) is 3.61. The number of alkyl halides is 3. The van der Waals surface area contributed by atoms with Gasteiger partial charge in [0.15, 0.2) is 0 Å². The Labute approximate surface area is 103 Å². The zero-order valence-corrected chi connectivity index (χ0v) is 10.0. The Morgan fingerprint density at radius 3 is 2.50 bits per heavy atom. The first kappa shape index (κ1) is 13.3. The normalized spacial score (nSPS) is 25.2. The smallest absolute Gasteiger partial charge is 0.309 e. The lowest BCUT2D eigenvalue weighted by atomic mass is 9.89. The molecule has 1 aromatic rings. The number of benzene rings is 1. The van der Waals surface area contributed by atoms with E-state index in [4.69, 9.17) is 0 Å². The second-order valence-electron chi connectivity index (χ2n) is 4.73. The van der Waals surface area contributed by atoms with Crippen molar-refractivity contribution in [3.05, 3.63) is 35.1 Å². The van der Waals surface area contributed by atoms with Crippen molar-refractivity contribution in [2.75, 3.05) is 6.54 Å². The van der Waals surface area contributed by atoms with Crippen LogP contribution in [0.15, 0.2) is 18.2 Å². The van der Waals surface area contributed by atoms with E-state index in [1.54, 1.807) is 19.1 Å². The standard InChI is InChI=1S/C13H15F4N/c1-8-10(3-2-4-11(8)14)12-6-5-9(7-18-12)13(15,16)17/h2-4,9,12,18H,5-7H2,1H3. The van der Waals surface area contributed by atoms with Crippen molar-refractivity contribution in [3.8, 4) is 0 Å². The van der Waals surface area contributed by atoms with Crippen molar-refractivity contribution in [2.45, 2.75) is 32.0 Å². The molecule has 0 aromatic heterocycles. The van der Waals surface area contributed by atoms with Gasteiger partial charge in [0.1, 0.15) is 5.82 Å². The minimum absolute atomic E-state index is 0.0931. The molecule has 0 saturated carbocycles. The lowest BCUT2D eigenvalue weighted by Crippen LogP contribution is -2.40. The fourth-order valence-corrected chi connectivity index (χ4v) is 2.40. The average molecular weight is 261 g/mol. The van der Waals surface area contributed by atoms with Crippen molar-refractivity contribution in [1.82, 2.24) is 5.32 Å². The van der Waals surface area contributed by atoms with E-state index in [1.165, 1.54) is 6.07 Å². The predicted molar refractivity (Wildman–Crippen MR) is 60.7 cm³/mol.